The lowest BCUT2D eigenvalue weighted by Crippen LogP contribution is -2.33. The quantitative estimate of drug-likeness (QED) is 0.0904. The molecule has 0 saturated carbocycles. The maximum Gasteiger partial charge on any atom is 0.338 e. The van der Waals surface area contributed by atoms with E-state index >= 15 is 0 Å². The van der Waals surface area contributed by atoms with E-state index in [0.29, 0.717) is 11.1 Å². The van der Waals surface area contributed by atoms with E-state index in [1.54, 1.807) is 36.4 Å². The average Bonchev–Trinajstić information content (AvgIpc) is 2.96. The van der Waals surface area contributed by atoms with Gasteiger partial charge in [-0.2, -0.15) is 0 Å². The van der Waals surface area contributed by atoms with Crippen molar-refractivity contribution in [2.45, 2.75) is 135 Å². The first-order chi connectivity index (χ1) is 19.8. The number of carboxylic acids is 1. The van der Waals surface area contributed by atoms with Gasteiger partial charge in [0, 0.05) is 12.0 Å². The molecule has 1 aliphatic carbocycles. The van der Waals surface area contributed by atoms with Gasteiger partial charge < -0.3 is 14.6 Å². The minimum absolute atomic E-state index is 0.240. The van der Waals surface area contributed by atoms with Crippen molar-refractivity contribution in [1.29, 1.82) is 0 Å². The highest BCUT2D eigenvalue weighted by molar-refractivity contribution is 5.92. The Hall–Kier alpha value is -2.89. The summed E-state index contributed by atoms with van der Waals surface area (Å²) in [4.78, 5) is 37.9. The van der Waals surface area contributed by atoms with Gasteiger partial charge >= 0.3 is 17.9 Å². The lowest BCUT2D eigenvalue weighted by atomic mass is 9.83. The summed E-state index contributed by atoms with van der Waals surface area (Å²) < 4.78 is 11.9. The van der Waals surface area contributed by atoms with Crippen LogP contribution in [0.1, 0.15) is 139 Å². The third-order valence-electron chi connectivity index (χ3n) is 7.75. The Balaban J connectivity index is 2.08. The van der Waals surface area contributed by atoms with Crippen LogP contribution < -0.4 is 0 Å². The van der Waals surface area contributed by atoms with Gasteiger partial charge in [-0.05, 0) is 44.4 Å². The van der Waals surface area contributed by atoms with Crippen LogP contribution >= 0.6 is 0 Å². The molecule has 0 bridgehead atoms. The van der Waals surface area contributed by atoms with Crippen molar-refractivity contribution in [3.8, 4) is 0 Å². The number of aliphatic carboxylic acids is 1. The highest BCUT2D eigenvalue weighted by Gasteiger charge is 2.38. The van der Waals surface area contributed by atoms with E-state index in [1.165, 1.54) is 69.9 Å². The summed E-state index contributed by atoms with van der Waals surface area (Å²) in [6, 6.07) is 6.96. The van der Waals surface area contributed by atoms with Crippen LogP contribution in [0.4, 0.5) is 0 Å². The maximum absolute atomic E-state index is 13.3. The smallest absolute Gasteiger partial charge is 0.338 e. The highest BCUT2D eigenvalue weighted by Crippen LogP contribution is 2.37. The van der Waals surface area contributed by atoms with Gasteiger partial charge in [0.2, 0.25) is 0 Å². The number of carbonyl (C=O) groups is 3. The van der Waals surface area contributed by atoms with Crippen molar-refractivity contribution >= 4 is 17.9 Å². The van der Waals surface area contributed by atoms with Crippen molar-refractivity contribution in [3.05, 3.63) is 59.7 Å². The Kier molecular flexibility index (Phi) is 16.1. The molecule has 2 rings (SSSR count). The molecule has 0 amide bonds. The zero-order valence-electron chi connectivity index (χ0n) is 25.6. The normalized spacial score (nSPS) is 18.7. The monoisotopic (exact) mass is 568 g/mol. The molecular weight excluding hydrogens is 516 g/mol. The van der Waals surface area contributed by atoms with E-state index in [2.05, 4.69) is 13.8 Å². The minimum Gasteiger partial charge on any atom is -0.481 e. The summed E-state index contributed by atoms with van der Waals surface area (Å²) in [6.07, 6.45) is 23.0. The lowest BCUT2D eigenvalue weighted by molar-refractivity contribution is -0.152. The fourth-order valence-electron chi connectivity index (χ4n) is 5.24. The van der Waals surface area contributed by atoms with E-state index < -0.39 is 23.5 Å². The van der Waals surface area contributed by atoms with Crippen LogP contribution in [-0.4, -0.2) is 29.1 Å². The number of benzene rings is 1. The first kappa shape index (κ1) is 34.3. The number of ether oxygens (including phenoxy) is 2. The number of rotatable bonds is 21. The van der Waals surface area contributed by atoms with Gasteiger partial charge in [-0.25, -0.2) is 4.79 Å². The molecule has 0 radical (unpaired) electrons. The molecule has 0 unspecified atom stereocenters. The third kappa shape index (κ3) is 12.2. The van der Waals surface area contributed by atoms with Gasteiger partial charge in [0.1, 0.15) is 0 Å². The largest absolute Gasteiger partial charge is 0.481 e. The van der Waals surface area contributed by atoms with E-state index in [1.807, 2.05) is 6.92 Å². The molecule has 1 aliphatic rings. The second-order valence-electron chi connectivity index (χ2n) is 11.4. The molecule has 228 valence electrons. The molecule has 1 aromatic rings. The number of esters is 2. The van der Waals surface area contributed by atoms with Crippen molar-refractivity contribution in [2.24, 2.45) is 5.92 Å². The summed E-state index contributed by atoms with van der Waals surface area (Å²) in [5.41, 5.74) is -0.593. The Bertz CT molecular complexity index is 980. The summed E-state index contributed by atoms with van der Waals surface area (Å²) in [7, 11) is 0. The first-order valence-electron chi connectivity index (χ1n) is 16.0. The molecule has 0 heterocycles. The number of carboxylic acid groups (broad SMARTS) is 1. The van der Waals surface area contributed by atoms with E-state index in [0.717, 1.165) is 38.5 Å². The van der Waals surface area contributed by atoms with Crippen LogP contribution in [0.3, 0.4) is 0 Å². The second kappa shape index (κ2) is 19.3. The minimum atomic E-state index is -1.37. The lowest BCUT2D eigenvalue weighted by Gasteiger charge is -2.32. The van der Waals surface area contributed by atoms with Crippen molar-refractivity contribution < 1.29 is 29.0 Å². The van der Waals surface area contributed by atoms with Gasteiger partial charge in [0.05, 0.1) is 17.6 Å². The first-order valence-corrected chi connectivity index (χ1v) is 16.0. The Morgan fingerprint density at radius 3 is 1.93 bits per heavy atom. The third-order valence-corrected chi connectivity index (χ3v) is 7.75. The van der Waals surface area contributed by atoms with Crippen molar-refractivity contribution in [1.82, 2.24) is 0 Å². The molecular formula is C35H52O6. The summed E-state index contributed by atoms with van der Waals surface area (Å²) in [5.74, 6) is -2.67. The number of unbranched alkanes of at least 4 members (excludes halogenated alkanes) is 12. The molecule has 6 heteroatoms. The number of hydrogen-bond donors (Lipinski definition) is 1. The fourth-order valence-corrected chi connectivity index (χ4v) is 5.24. The molecule has 41 heavy (non-hydrogen) atoms. The molecule has 1 atom stereocenters. The number of carbonyl (C=O) groups excluding carboxylic acids is 2. The maximum atomic E-state index is 13.3. The summed E-state index contributed by atoms with van der Waals surface area (Å²) in [6.45, 7) is 6.31. The molecule has 1 N–H and O–H groups in total. The van der Waals surface area contributed by atoms with Crippen LogP contribution in [0.5, 0.6) is 0 Å². The zero-order valence-corrected chi connectivity index (χ0v) is 25.6. The molecule has 0 aromatic heterocycles. The van der Waals surface area contributed by atoms with E-state index in [9.17, 15) is 19.5 Å². The van der Waals surface area contributed by atoms with Gasteiger partial charge in [-0.1, -0.05) is 121 Å². The van der Waals surface area contributed by atoms with Crippen LogP contribution in [0.25, 0.3) is 0 Å². The molecule has 6 nitrogen and oxygen atoms in total. The average molecular weight is 569 g/mol. The van der Waals surface area contributed by atoms with Crippen molar-refractivity contribution in [2.75, 3.05) is 0 Å². The van der Waals surface area contributed by atoms with Crippen molar-refractivity contribution in [3.63, 3.8) is 0 Å². The predicted octanol–water partition coefficient (Wildman–Crippen LogP) is 9.08. The number of hydrogen-bond acceptors (Lipinski definition) is 5. The highest BCUT2D eigenvalue weighted by atomic mass is 16.6. The van der Waals surface area contributed by atoms with Gasteiger partial charge in [-0.15, -0.1) is 0 Å². The molecule has 0 saturated heterocycles. The Labute approximate surface area is 247 Å². The topological polar surface area (TPSA) is 89.9 Å². The summed E-state index contributed by atoms with van der Waals surface area (Å²) in [5, 5.41) is 9.48. The second-order valence-corrected chi connectivity index (χ2v) is 11.4. The molecule has 0 fully saturated rings. The summed E-state index contributed by atoms with van der Waals surface area (Å²) >= 11 is 0. The SMILES string of the molecule is CCCCCCCCCCC(=O)OC1(c2ccccc2C(=O)O[C@H](C)CCCCCCCC)C=CC(C(=O)O)C=C1. The zero-order chi connectivity index (χ0) is 29.9. The fraction of sp³-hybridized carbons (Fsp3) is 0.629. The molecule has 0 spiro atoms. The van der Waals surface area contributed by atoms with Crippen LogP contribution in [-0.2, 0) is 24.7 Å². The molecule has 0 aliphatic heterocycles. The standard InChI is InChI=1S/C35H52O6/c1-4-6-8-10-12-13-15-17-23-32(36)41-35(26-24-29(25-27-35)33(37)38)31-22-19-18-21-30(31)34(39)40-28(3)20-16-14-11-9-7-5-2/h18-19,21-22,24-29H,4-17,20,23H2,1-3H3,(H,37,38)/t28-,29?,35?/m1/s1. The van der Waals surface area contributed by atoms with Gasteiger partial charge in [-0.3, -0.25) is 9.59 Å². The van der Waals surface area contributed by atoms with Crippen LogP contribution in [0, 0.1) is 5.92 Å². The Morgan fingerprint density at radius 2 is 1.34 bits per heavy atom. The van der Waals surface area contributed by atoms with E-state index in [4.69, 9.17) is 9.47 Å². The van der Waals surface area contributed by atoms with Gasteiger partial charge in [0.15, 0.2) is 5.60 Å². The van der Waals surface area contributed by atoms with E-state index in [-0.39, 0.29) is 18.5 Å². The van der Waals surface area contributed by atoms with Crippen LogP contribution in [0.2, 0.25) is 0 Å². The Morgan fingerprint density at radius 1 is 0.805 bits per heavy atom. The predicted molar refractivity (Wildman–Crippen MR) is 164 cm³/mol. The van der Waals surface area contributed by atoms with Crippen LogP contribution in [0.15, 0.2) is 48.6 Å². The van der Waals surface area contributed by atoms with Gasteiger partial charge in [0.25, 0.3) is 0 Å². The molecule has 1 aromatic carbocycles.